The predicted octanol–water partition coefficient (Wildman–Crippen LogP) is 2.78. The molecule has 0 unspecified atom stereocenters. The SMILES string of the molecule is Cc1nc(COc2ccc(/C=C/C(=O)NCC(=O)N3CCCC3)cc2)cs1. The van der Waals surface area contributed by atoms with Gasteiger partial charge in [-0.3, -0.25) is 9.59 Å². The Morgan fingerprint density at radius 1 is 1.26 bits per heavy atom. The fourth-order valence-corrected chi connectivity index (χ4v) is 3.38. The summed E-state index contributed by atoms with van der Waals surface area (Å²) in [5.41, 5.74) is 1.80. The number of benzene rings is 1. The van der Waals surface area contributed by atoms with E-state index in [1.165, 1.54) is 6.08 Å². The molecule has 1 aliphatic heterocycles. The number of hydrogen-bond acceptors (Lipinski definition) is 5. The number of carbonyl (C=O) groups excluding carboxylic acids is 2. The first-order valence-corrected chi connectivity index (χ1v) is 9.86. The van der Waals surface area contributed by atoms with Crippen molar-refractivity contribution in [3.8, 4) is 5.75 Å². The number of carbonyl (C=O) groups is 2. The lowest BCUT2D eigenvalue weighted by Crippen LogP contribution is -2.38. The number of amides is 2. The molecule has 27 heavy (non-hydrogen) atoms. The van der Waals surface area contributed by atoms with E-state index < -0.39 is 0 Å². The fourth-order valence-electron chi connectivity index (χ4n) is 2.78. The van der Waals surface area contributed by atoms with Gasteiger partial charge in [-0.1, -0.05) is 12.1 Å². The van der Waals surface area contributed by atoms with Crippen molar-refractivity contribution in [2.75, 3.05) is 19.6 Å². The summed E-state index contributed by atoms with van der Waals surface area (Å²) in [5.74, 6) is 0.450. The second-order valence-corrected chi connectivity index (χ2v) is 7.42. The van der Waals surface area contributed by atoms with Crippen LogP contribution in [0.4, 0.5) is 0 Å². The van der Waals surface area contributed by atoms with Gasteiger partial charge in [0.05, 0.1) is 17.2 Å². The molecule has 0 aliphatic carbocycles. The first-order chi connectivity index (χ1) is 13.1. The van der Waals surface area contributed by atoms with Gasteiger partial charge in [-0.2, -0.15) is 0 Å². The molecular formula is C20H23N3O3S. The van der Waals surface area contributed by atoms with E-state index in [4.69, 9.17) is 4.74 Å². The molecule has 2 aromatic rings. The van der Waals surface area contributed by atoms with Crippen molar-refractivity contribution in [2.24, 2.45) is 0 Å². The van der Waals surface area contributed by atoms with E-state index in [-0.39, 0.29) is 18.4 Å². The van der Waals surface area contributed by atoms with E-state index in [0.717, 1.165) is 47.9 Å². The Balaban J connectivity index is 1.42. The molecule has 2 amide bonds. The summed E-state index contributed by atoms with van der Waals surface area (Å²) in [6.45, 7) is 4.04. The van der Waals surface area contributed by atoms with Gasteiger partial charge < -0.3 is 15.0 Å². The maximum atomic E-state index is 11.9. The third kappa shape index (κ3) is 5.92. The molecule has 1 fully saturated rings. The van der Waals surface area contributed by atoms with Crippen LogP contribution in [0.1, 0.15) is 29.1 Å². The average molecular weight is 385 g/mol. The molecule has 0 spiro atoms. The highest BCUT2D eigenvalue weighted by Crippen LogP contribution is 2.16. The van der Waals surface area contributed by atoms with Crippen LogP contribution in [0, 0.1) is 6.92 Å². The van der Waals surface area contributed by atoms with Gasteiger partial charge in [-0.25, -0.2) is 4.98 Å². The van der Waals surface area contributed by atoms with Gasteiger partial charge in [-0.15, -0.1) is 11.3 Å². The Bertz CT molecular complexity index is 808. The normalized spacial score (nSPS) is 13.9. The second-order valence-electron chi connectivity index (χ2n) is 6.35. The molecule has 0 radical (unpaired) electrons. The largest absolute Gasteiger partial charge is 0.487 e. The second kappa shape index (κ2) is 9.32. The van der Waals surface area contributed by atoms with Crippen molar-refractivity contribution in [2.45, 2.75) is 26.4 Å². The molecule has 1 saturated heterocycles. The molecule has 0 atom stereocenters. The third-order valence-electron chi connectivity index (χ3n) is 4.23. The third-order valence-corrected chi connectivity index (χ3v) is 5.06. The zero-order chi connectivity index (χ0) is 19.1. The lowest BCUT2D eigenvalue weighted by atomic mass is 10.2. The van der Waals surface area contributed by atoms with E-state index in [9.17, 15) is 9.59 Å². The number of likely N-dealkylation sites (tertiary alicyclic amines) is 1. The number of nitrogens with one attached hydrogen (secondary N) is 1. The summed E-state index contributed by atoms with van der Waals surface area (Å²) in [4.78, 5) is 29.9. The molecule has 2 heterocycles. The van der Waals surface area contributed by atoms with E-state index in [0.29, 0.717) is 6.61 Å². The van der Waals surface area contributed by atoms with Gasteiger partial charge in [0.15, 0.2) is 0 Å². The van der Waals surface area contributed by atoms with Crippen molar-refractivity contribution in [1.29, 1.82) is 0 Å². The Kier molecular flexibility index (Phi) is 6.59. The van der Waals surface area contributed by atoms with Gasteiger partial charge in [0.1, 0.15) is 12.4 Å². The molecule has 0 saturated carbocycles. The van der Waals surface area contributed by atoms with Crippen molar-refractivity contribution in [1.82, 2.24) is 15.2 Å². The summed E-state index contributed by atoms with van der Waals surface area (Å²) in [6.07, 6.45) is 5.24. The van der Waals surface area contributed by atoms with E-state index >= 15 is 0 Å². The Morgan fingerprint density at radius 2 is 2.00 bits per heavy atom. The molecule has 142 valence electrons. The number of aromatic nitrogens is 1. The highest BCUT2D eigenvalue weighted by Gasteiger charge is 2.17. The summed E-state index contributed by atoms with van der Waals surface area (Å²) >= 11 is 1.60. The maximum Gasteiger partial charge on any atom is 0.244 e. The smallest absolute Gasteiger partial charge is 0.244 e. The lowest BCUT2D eigenvalue weighted by molar-refractivity contribution is -0.131. The van der Waals surface area contributed by atoms with E-state index in [2.05, 4.69) is 10.3 Å². The van der Waals surface area contributed by atoms with Crippen LogP contribution in [0.2, 0.25) is 0 Å². The summed E-state index contributed by atoms with van der Waals surface area (Å²) in [5, 5.41) is 5.64. The van der Waals surface area contributed by atoms with Crippen LogP contribution in [0.3, 0.4) is 0 Å². The summed E-state index contributed by atoms with van der Waals surface area (Å²) in [6, 6.07) is 7.46. The molecule has 1 N–H and O–H groups in total. The molecule has 1 aliphatic rings. The highest BCUT2D eigenvalue weighted by atomic mass is 32.1. The van der Waals surface area contributed by atoms with Crippen LogP contribution in [-0.4, -0.2) is 41.3 Å². The number of ether oxygens (including phenoxy) is 1. The van der Waals surface area contributed by atoms with Crippen molar-refractivity contribution < 1.29 is 14.3 Å². The zero-order valence-electron chi connectivity index (χ0n) is 15.3. The minimum absolute atomic E-state index is 0.0222. The highest BCUT2D eigenvalue weighted by molar-refractivity contribution is 7.09. The number of nitrogens with zero attached hydrogens (tertiary/aromatic N) is 2. The topological polar surface area (TPSA) is 71.5 Å². The molecule has 3 rings (SSSR count). The van der Waals surface area contributed by atoms with Gasteiger partial charge in [0.2, 0.25) is 11.8 Å². The molecule has 6 nitrogen and oxygen atoms in total. The quantitative estimate of drug-likeness (QED) is 0.744. The Labute approximate surface area is 162 Å². The van der Waals surface area contributed by atoms with Crippen LogP contribution < -0.4 is 10.1 Å². The molecular weight excluding hydrogens is 362 g/mol. The summed E-state index contributed by atoms with van der Waals surface area (Å²) in [7, 11) is 0. The van der Waals surface area contributed by atoms with Crippen LogP contribution in [0.15, 0.2) is 35.7 Å². The van der Waals surface area contributed by atoms with Crippen LogP contribution in [-0.2, 0) is 16.2 Å². The number of rotatable bonds is 7. The van der Waals surface area contributed by atoms with Gasteiger partial charge in [0, 0.05) is 24.5 Å². The van der Waals surface area contributed by atoms with Crippen molar-refractivity contribution in [3.63, 3.8) is 0 Å². The van der Waals surface area contributed by atoms with Crippen LogP contribution >= 0.6 is 11.3 Å². The van der Waals surface area contributed by atoms with E-state index in [1.807, 2.05) is 36.6 Å². The van der Waals surface area contributed by atoms with Gasteiger partial charge in [0.25, 0.3) is 0 Å². The molecule has 1 aromatic heterocycles. The lowest BCUT2D eigenvalue weighted by Gasteiger charge is -2.14. The fraction of sp³-hybridized carbons (Fsp3) is 0.350. The van der Waals surface area contributed by atoms with Gasteiger partial charge >= 0.3 is 0 Å². The summed E-state index contributed by atoms with van der Waals surface area (Å²) < 4.78 is 5.70. The Hall–Kier alpha value is -2.67. The van der Waals surface area contributed by atoms with Gasteiger partial charge in [-0.05, 0) is 43.5 Å². The first kappa shape index (κ1) is 19.1. The predicted molar refractivity (Wildman–Crippen MR) is 105 cm³/mol. The molecule has 0 bridgehead atoms. The molecule has 1 aromatic carbocycles. The number of thiazole rings is 1. The molecule has 7 heteroatoms. The zero-order valence-corrected chi connectivity index (χ0v) is 16.1. The standard InChI is InChI=1S/C20H23N3O3S/c1-15-22-17(14-27-15)13-26-18-7-4-16(5-8-18)6-9-19(24)21-12-20(25)23-10-2-3-11-23/h4-9,14H,2-3,10-13H2,1H3,(H,21,24)/b9-6+. The average Bonchev–Trinajstić information content (AvgIpc) is 3.35. The minimum Gasteiger partial charge on any atom is -0.487 e. The number of aryl methyl sites for hydroxylation is 1. The van der Waals surface area contributed by atoms with Crippen LogP contribution in [0.5, 0.6) is 5.75 Å². The number of hydrogen-bond donors (Lipinski definition) is 1. The first-order valence-electron chi connectivity index (χ1n) is 8.98. The van der Waals surface area contributed by atoms with Crippen molar-refractivity contribution >= 4 is 29.2 Å². The van der Waals surface area contributed by atoms with Crippen LogP contribution in [0.25, 0.3) is 6.08 Å². The minimum atomic E-state index is -0.276. The maximum absolute atomic E-state index is 11.9. The van der Waals surface area contributed by atoms with E-state index in [1.54, 1.807) is 22.3 Å². The van der Waals surface area contributed by atoms with Crippen molar-refractivity contribution in [3.05, 3.63) is 52.0 Å². The monoisotopic (exact) mass is 385 g/mol. The Morgan fingerprint density at radius 3 is 2.67 bits per heavy atom.